The molecule has 3 aromatic rings. The van der Waals surface area contributed by atoms with Gasteiger partial charge in [-0.1, -0.05) is 13.8 Å². The predicted octanol–water partition coefficient (Wildman–Crippen LogP) is 4.44. The predicted molar refractivity (Wildman–Crippen MR) is 112 cm³/mol. The molecular weight excluding hydrogens is 408 g/mol. The highest BCUT2D eigenvalue weighted by molar-refractivity contribution is 7.94. The molecule has 0 aliphatic carbocycles. The normalized spacial score (nSPS) is 11.1. The molecule has 3 rings (SSSR count). The van der Waals surface area contributed by atoms with E-state index in [1.165, 1.54) is 11.3 Å². The third kappa shape index (κ3) is 4.55. The Kier molecular flexibility index (Phi) is 6.15. The molecule has 2 aromatic heterocycles. The molecule has 0 unspecified atom stereocenters. The van der Waals surface area contributed by atoms with E-state index in [9.17, 15) is 13.7 Å². The molecule has 150 valence electrons. The van der Waals surface area contributed by atoms with Crippen molar-refractivity contribution in [2.24, 2.45) is 0 Å². The summed E-state index contributed by atoms with van der Waals surface area (Å²) in [4.78, 5) is 0.920. The van der Waals surface area contributed by atoms with Crippen molar-refractivity contribution in [1.29, 1.82) is 5.26 Å². The van der Waals surface area contributed by atoms with Gasteiger partial charge in [0.05, 0.1) is 5.69 Å². The summed E-state index contributed by atoms with van der Waals surface area (Å²) in [7, 11) is -3.63. The van der Waals surface area contributed by atoms with Crippen LogP contribution in [0, 0.1) is 18.3 Å². The first-order valence-electron chi connectivity index (χ1n) is 9.03. The summed E-state index contributed by atoms with van der Waals surface area (Å²) in [5.74, 6) is 0.570. The van der Waals surface area contributed by atoms with Crippen LogP contribution < -0.4 is 9.46 Å². The van der Waals surface area contributed by atoms with E-state index in [1.807, 2.05) is 20.8 Å². The number of aromatic nitrogens is 2. The fourth-order valence-corrected chi connectivity index (χ4v) is 5.15. The van der Waals surface area contributed by atoms with Crippen LogP contribution in [0.1, 0.15) is 35.5 Å². The number of nitrogens with zero attached hydrogens (tertiary/aromatic N) is 3. The van der Waals surface area contributed by atoms with Crippen LogP contribution in [-0.2, 0) is 22.9 Å². The Labute approximate surface area is 174 Å². The number of benzene rings is 1. The second-order valence-electron chi connectivity index (χ2n) is 6.22. The highest BCUT2D eigenvalue weighted by Crippen LogP contribution is 2.28. The quantitative estimate of drug-likeness (QED) is 0.597. The van der Waals surface area contributed by atoms with E-state index in [-0.39, 0.29) is 10.1 Å². The lowest BCUT2D eigenvalue weighted by Crippen LogP contribution is -2.11. The van der Waals surface area contributed by atoms with Crippen LogP contribution in [0.4, 0.5) is 5.69 Å². The summed E-state index contributed by atoms with van der Waals surface area (Å²) in [5.41, 5.74) is 2.39. The van der Waals surface area contributed by atoms with Crippen molar-refractivity contribution in [2.45, 2.75) is 37.8 Å². The summed E-state index contributed by atoms with van der Waals surface area (Å²) in [5, 5.41) is 17.7. The average molecular weight is 429 g/mol. The average Bonchev–Trinajstić information content (AvgIpc) is 3.16. The third-order valence-electron chi connectivity index (χ3n) is 4.23. The van der Waals surface area contributed by atoms with Gasteiger partial charge in [0.2, 0.25) is 0 Å². The zero-order chi connectivity index (χ0) is 21.0. The van der Waals surface area contributed by atoms with E-state index in [1.54, 1.807) is 36.4 Å². The Morgan fingerprint density at radius 2 is 1.83 bits per heavy atom. The topological polar surface area (TPSA) is 105 Å². The zero-order valence-corrected chi connectivity index (χ0v) is 17.9. The molecule has 0 aliphatic heterocycles. The SMILES string of the molecule is CCc1nnc(Oc2ccc(NS(=O)(=O)c3ccc(C)s3)cc2)c(C#N)c1CC. The number of rotatable bonds is 7. The van der Waals surface area contributed by atoms with Crippen LogP contribution in [0.15, 0.2) is 40.6 Å². The fraction of sp³-hybridized carbons (Fsp3) is 0.250. The molecule has 0 saturated heterocycles. The molecule has 0 bridgehead atoms. The second kappa shape index (κ2) is 8.59. The first-order valence-corrected chi connectivity index (χ1v) is 11.3. The Hall–Kier alpha value is -2.96. The van der Waals surface area contributed by atoms with Crippen LogP contribution in [-0.4, -0.2) is 18.6 Å². The van der Waals surface area contributed by atoms with Crippen LogP contribution >= 0.6 is 11.3 Å². The standard InChI is InChI=1S/C20H20N4O3S2/c1-4-16-17(12-21)20(23-22-18(16)5-2)27-15-9-7-14(8-10-15)24-29(25,26)19-11-6-13(3)28-19/h6-11,24H,4-5H2,1-3H3. The van der Waals surface area contributed by atoms with Crippen molar-refractivity contribution < 1.29 is 13.2 Å². The maximum absolute atomic E-state index is 12.4. The van der Waals surface area contributed by atoms with Gasteiger partial charge in [0.1, 0.15) is 21.6 Å². The zero-order valence-electron chi connectivity index (χ0n) is 16.3. The molecule has 1 N–H and O–H groups in total. The van der Waals surface area contributed by atoms with Gasteiger partial charge in [-0.15, -0.1) is 16.4 Å². The number of nitrogens with one attached hydrogen (secondary N) is 1. The van der Waals surface area contributed by atoms with Crippen LogP contribution in [0.25, 0.3) is 0 Å². The molecule has 7 nitrogen and oxygen atoms in total. The van der Waals surface area contributed by atoms with Crippen molar-refractivity contribution >= 4 is 27.0 Å². The molecular formula is C20H20N4O3S2. The highest BCUT2D eigenvalue weighted by Gasteiger charge is 2.18. The molecule has 0 spiro atoms. The first kappa shape index (κ1) is 20.8. The van der Waals surface area contributed by atoms with Gasteiger partial charge >= 0.3 is 0 Å². The minimum Gasteiger partial charge on any atom is -0.437 e. The van der Waals surface area contributed by atoms with Crippen LogP contribution in [0.3, 0.4) is 0 Å². The van der Waals surface area contributed by atoms with Gasteiger partial charge in [-0.05, 0) is 61.7 Å². The van der Waals surface area contributed by atoms with E-state index in [4.69, 9.17) is 4.74 Å². The largest absolute Gasteiger partial charge is 0.437 e. The highest BCUT2D eigenvalue weighted by atomic mass is 32.2. The number of nitriles is 1. The van der Waals surface area contributed by atoms with E-state index >= 15 is 0 Å². The Balaban J connectivity index is 1.81. The Morgan fingerprint density at radius 3 is 2.38 bits per heavy atom. The van der Waals surface area contributed by atoms with Crippen LogP contribution in [0.2, 0.25) is 0 Å². The summed E-state index contributed by atoms with van der Waals surface area (Å²) in [6.45, 7) is 5.77. The van der Waals surface area contributed by atoms with E-state index in [0.29, 0.717) is 29.8 Å². The molecule has 9 heteroatoms. The van der Waals surface area contributed by atoms with Crippen molar-refractivity contribution in [3.05, 3.63) is 58.1 Å². The third-order valence-corrected chi connectivity index (χ3v) is 7.10. The number of anilines is 1. The van der Waals surface area contributed by atoms with E-state index < -0.39 is 10.0 Å². The van der Waals surface area contributed by atoms with Crippen molar-refractivity contribution in [2.75, 3.05) is 4.72 Å². The molecule has 0 saturated carbocycles. The maximum Gasteiger partial charge on any atom is 0.271 e. The monoisotopic (exact) mass is 428 g/mol. The number of thiophene rings is 1. The fourth-order valence-electron chi connectivity index (χ4n) is 2.81. The van der Waals surface area contributed by atoms with Gasteiger partial charge in [0, 0.05) is 10.6 Å². The van der Waals surface area contributed by atoms with Crippen molar-refractivity contribution in [1.82, 2.24) is 10.2 Å². The lowest BCUT2D eigenvalue weighted by atomic mass is 10.0. The smallest absolute Gasteiger partial charge is 0.271 e. The van der Waals surface area contributed by atoms with Gasteiger partial charge in [-0.25, -0.2) is 8.42 Å². The molecule has 0 radical (unpaired) electrons. The number of hydrogen-bond donors (Lipinski definition) is 1. The number of hydrogen-bond acceptors (Lipinski definition) is 7. The van der Waals surface area contributed by atoms with Gasteiger partial charge in [-0.2, -0.15) is 10.4 Å². The van der Waals surface area contributed by atoms with Crippen molar-refractivity contribution in [3.8, 4) is 17.7 Å². The number of sulfonamides is 1. The molecule has 1 aromatic carbocycles. The Morgan fingerprint density at radius 1 is 1.10 bits per heavy atom. The van der Waals surface area contributed by atoms with Crippen LogP contribution in [0.5, 0.6) is 11.6 Å². The summed E-state index contributed by atoms with van der Waals surface area (Å²) < 4.78 is 33.4. The van der Waals surface area contributed by atoms with E-state index in [0.717, 1.165) is 16.1 Å². The minimum absolute atomic E-state index is 0.143. The Bertz CT molecular complexity index is 1160. The van der Waals surface area contributed by atoms with Gasteiger partial charge in [0.25, 0.3) is 15.9 Å². The molecule has 0 atom stereocenters. The van der Waals surface area contributed by atoms with E-state index in [2.05, 4.69) is 21.0 Å². The summed E-state index contributed by atoms with van der Waals surface area (Å²) in [6, 6.07) is 11.9. The first-order chi connectivity index (χ1) is 13.9. The summed E-state index contributed by atoms with van der Waals surface area (Å²) >= 11 is 1.21. The van der Waals surface area contributed by atoms with Gasteiger partial charge < -0.3 is 4.74 Å². The molecule has 0 aliphatic rings. The van der Waals surface area contributed by atoms with Crippen molar-refractivity contribution in [3.63, 3.8) is 0 Å². The molecule has 29 heavy (non-hydrogen) atoms. The molecule has 2 heterocycles. The maximum atomic E-state index is 12.4. The molecule has 0 amide bonds. The number of ether oxygens (including phenoxy) is 1. The lowest BCUT2D eigenvalue weighted by Gasteiger charge is -2.12. The lowest BCUT2D eigenvalue weighted by molar-refractivity contribution is 0.451. The molecule has 0 fully saturated rings. The summed E-state index contributed by atoms with van der Waals surface area (Å²) in [6.07, 6.45) is 1.34. The van der Waals surface area contributed by atoms with Gasteiger partial charge in [0.15, 0.2) is 0 Å². The number of aryl methyl sites for hydroxylation is 2. The second-order valence-corrected chi connectivity index (χ2v) is 9.42. The minimum atomic E-state index is -3.63. The van der Waals surface area contributed by atoms with Gasteiger partial charge in [-0.3, -0.25) is 4.72 Å².